The highest BCUT2D eigenvalue weighted by atomic mass is 16.5. The van der Waals surface area contributed by atoms with E-state index in [-0.39, 0.29) is 18.4 Å². The maximum atomic E-state index is 12.4. The number of hydrogen-bond donors (Lipinski definition) is 1. The van der Waals surface area contributed by atoms with Crippen molar-refractivity contribution < 1.29 is 14.3 Å². The van der Waals surface area contributed by atoms with E-state index in [2.05, 4.69) is 24.1 Å². The van der Waals surface area contributed by atoms with Crippen LogP contribution in [0.15, 0.2) is 48.5 Å². The summed E-state index contributed by atoms with van der Waals surface area (Å²) in [6.07, 6.45) is 0. The molecule has 2 amide bonds. The van der Waals surface area contributed by atoms with Crippen molar-refractivity contribution in [2.24, 2.45) is 0 Å². The van der Waals surface area contributed by atoms with Crippen molar-refractivity contribution in [3.8, 4) is 5.75 Å². The molecule has 144 valence electrons. The molecule has 0 aliphatic heterocycles. The first kappa shape index (κ1) is 20.3. The second-order valence-electron chi connectivity index (χ2n) is 6.07. The topological polar surface area (TPSA) is 61.9 Å². The Kier molecular flexibility index (Phi) is 7.23. The standard InChI is InChI=1S/C21H27N3O3/c1-5-23(6-2)18-9-7-17(8-10-18)22-21(26)15-24(16(3)25)19-11-13-20(27-4)14-12-19/h7-14H,5-6,15H2,1-4H3,(H,22,26). The number of carbonyl (C=O) groups excluding carboxylic acids is 2. The maximum Gasteiger partial charge on any atom is 0.244 e. The summed E-state index contributed by atoms with van der Waals surface area (Å²) in [6, 6.07) is 14.7. The number of ether oxygens (including phenoxy) is 1. The molecule has 27 heavy (non-hydrogen) atoms. The zero-order valence-corrected chi connectivity index (χ0v) is 16.4. The lowest BCUT2D eigenvalue weighted by Crippen LogP contribution is -2.36. The summed E-state index contributed by atoms with van der Waals surface area (Å²) in [4.78, 5) is 28.1. The Morgan fingerprint density at radius 3 is 1.96 bits per heavy atom. The molecule has 0 radical (unpaired) electrons. The number of hydrogen-bond acceptors (Lipinski definition) is 4. The molecule has 6 heteroatoms. The van der Waals surface area contributed by atoms with Gasteiger partial charge in [-0.1, -0.05) is 0 Å². The van der Waals surface area contributed by atoms with E-state index in [0.29, 0.717) is 17.1 Å². The predicted molar refractivity (Wildman–Crippen MR) is 110 cm³/mol. The minimum Gasteiger partial charge on any atom is -0.497 e. The predicted octanol–water partition coefficient (Wildman–Crippen LogP) is 3.53. The van der Waals surface area contributed by atoms with E-state index in [0.717, 1.165) is 18.8 Å². The summed E-state index contributed by atoms with van der Waals surface area (Å²) in [5, 5.41) is 2.85. The Morgan fingerprint density at radius 2 is 1.48 bits per heavy atom. The van der Waals surface area contributed by atoms with Crippen molar-refractivity contribution in [3.05, 3.63) is 48.5 Å². The van der Waals surface area contributed by atoms with Crippen molar-refractivity contribution in [2.75, 3.05) is 41.9 Å². The summed E-state index contributed by atoms with van der Waals surface area (Å²) >= 11 is 0. The third-order valence-electron chi connectivity index (χ3n) is 4.35. The molecule has 6 nitrogen and oxygen atoms in total. The molecule has 0 aliphatic carbocycles. The number of amides is 2. The van der Waals surface area contributed by atoms with Gasteiger partial charge in [-0.15, -0.1) is 0 Å². The van der Waals surface area contributed by atoms with Crippen LogP contribution in [0, 0.1) is 0 Å². The number of anilines is 3. The van der Waals surface area contributed by atoms with Crippen LogP contribution in [0.4, 0.5) is 17.1 Å². The smallest absolute Gasteiger partial charge is 0.244 e. The molecule has 0 saturated carbocycles. The zero-order chi connectivity index (χ0) is 19.8. The lowest BCUT2D eigenvalue weighted by atomic mass is 10.2. The molecule has 2 aromatic rings. The molecular weight excluding hydrogens is 342 g/mol. The number of benzene rings is 2. The second-order valence-corrected chi connectivity index (χ2v) is 6.07. The highest BCUT2D eigenvalue weighted by Gasteiger charge is 2.16. The summed E-state index contributed by atoms with van der Waals surface area (Å²) in [6.45, 7) is 7.45. The van der Waals surface area contributed by atoms with Crippen molar-refractivity contribution in [2.45, 2.75) is 20.8 Å². The van der Waals surface area contributed by atoms with Crippen molar-refractivity contribution in [1.82, 2.24) is 0 Å². The van der Waals surface area contributed by atoms with Gasteiger partial charge in [0.05, 0.1) is 7.11 Å². The molecule has 0 fully saturated rings. The summed E-state index contributed by atoms with van der Waals surface area (Å²) in [7, 11) is 1.58. The molecule has 0 aromatic heterocycles. The Hall–Kier alpha value is -3.02. The Balaban J connectivity index is 2.04. The fourth-order valence-electron chi connectivity index (χ4n) is 2.84. The van der Waals surface area contributed by atoms with Crippen LogP contribution in [0.25, 0.3) is 0 Å². The minimum absolute atomic E-state index is 0.0561. The highest BCUT2D eigenvalue weighted by Crippen LogP contribution is 2.20. The van der Waals surface area contributed by atoms with Crippen LogP contribution in [0.1, 0.15) is 20.8 Å². The van der Waals surface area contributed by atoms with Crippen LogP contribution < -0.4 is 19.9 Å². The molecule has 0 saturated heterocycles. The number of rotatable bonds is 8. The molecule has 2 rings (SSSR count). The highest BCUT2D eigenvalue weighted by molar-refractivity contribution is 6.01. The molecule has 0 bridgehead atoms. The molecule has 1 N–H and O–H groups in total. The van der Waals surface area contributed by atoms with Gasteiger partial charge < -0.3 is 19.9 Å². The fraction of sp³-hybridized carbons (Fsp3) is 0.333. The Morgan fingerprint density at radius 1 is 0.926 bits per heavy atom. The first-order valence-corrected chi connectivity index (χ1v) is 9.05. The third-order valence-corrected chi connectivity index (χ3v) is 4.35. The lowest BCUT2D eigenvalue weighted by molar-refractivity contribution is -0.120. The molecule has 0 unspecified atom stereocenters. The van der Waals surface area contributed by atoms with Crippen LogP contribution in [-0.2, 0) is 9.59 Å². The lowest BCUT2D eigenvalue weighted by Gasteiger charge is -2.22. The monoisotopic (exact) mass is 369 g/mol. The largest absolute Gasteiger partial charge is 0.497 e. The van der Waals surface area contributed by atoms with E-state index in [1.807, 2.05) is 24.3 Å². The average molecular weight is 369 g/mol. The van der Waals surface area contributed by atoms with Gasteiger partial charge >= 0.3 is 0 Å². The van der Waals surface area contributed by atoms with E-state index in [4.69, 9.17) is 4.74 Å². The van der Waals surface area contributed by atoms with E-state index >= 15 is 0 Å². The summed E-state index contributed by atoms with van der Waals surface area (Å²) in [5.74, 6) is 0.240. The van der Waals surface area contributed by atoms with Gasteiger partial charge in [-0.2, -0.15) is 0 Å². The normalized spacial score (nSPS) is 10.2. The Bertz CT molecular complexity index is 753. The van der Waals surface area contributed by atoms with Crippen LogP contribution in [-0.4, -0.2) is 38.6 Å². The zero-order valence-electron chi connectivity index (χ0n) is 16.4. The molecule has 0 aliphatic rings. The van der Waals surface area contributed by atoms with Gasteiger partial charge in [-0.3, -0.25) is 9.59 Å². The number of methoxy groups -OCH3 is 1. The number of carbonyl (C=O) groups is 2. The second kappa shape index (κ2) is 9.62. The molecule has 2 aromatic carbocycles. The number of nitrogens with zero attached hydrogens (tertiary/aromatic N) is 2. The molecule has 0 spiro atoms. The summed E-state index contributed by atoms with van der Waals surface area (Å²) in [5.41, 5.74) is 2.46. The van der Waals surface area contributed by atoms with Gasteiger partial charge in [-0.05, 0) is 62.4 Å². The quantitative estimate of drug-likeness (QED) is 0.773. The van der Waals surface area contributed by atoms with Gasteiger partial charge in [0, 0.05) is 37.1 Å². The third kappa shape index (κ3) is 5.48. The van der Waals surface area contributed by atoms with Crippen molar-refractivity contribution in [3.63, 3.8) is 0 Å². The van der Waals surface area contributed by atoms with Gasteiger partial charge in [0.1, 0.15) is 12.3 Å². The van der Waals surface area contributed by atoms with Gasteiger partial charge in [-0.25, -0.2) is 0 Å². The van der Waals surface area contributed by atoms with Gasteiger partial charge in [0.2, 0.25) is 11.8 Å². The molecular formula is C21H27N3O3. The number of nitrogens with one attached hydrogen (secondary N) is 1. The average Bonchev–Trinajstić information content (AvgIpc) is 2.68. The molecule has 0 atom stereocenters. The first-order chi connectivity index (χ1) is 13.0. The SMILES string of the molecule is CCN(CC)c1ccc(NC(=O)CN(C(C)=O)c2ccc(OC)cc2)cc1. The Labute approximate surface area is 160 Å². The van der Waals surface area contributed by atoms with Gasteiger partial charge in [0.15, 0.2) is 0 Å². The summed E-state index contributed by atoms with van der Waals surface area (Å²) < 4.78 is 5.13. The van der Waals surface area contributed by atoms with Crippen LogP contribution in [0.2, 0.25) is 0 Å². The van der Waals surface area contributed by atoms with E-state index < -0.39 is 0 Å². The van der Waals surface area contributed by atoms with Crippen LogP contribution in [0.3, 0.4) is 0 Å². The molecule has 0 heterocycles. The minimum atomic E-state index is -0.253. The van der Waals surface area contributed by atoms with Crippen molar-refractivity contribution >= 4 is 28.9 Å². The maximum absolute atomic E-state index is 12.4. The van der Waals surface area contributed by atoms with Crippen LogP contribution in [0.5, 0.6) is 5.75 Å². The van der Waals surface area contributed by atoms with E-state index in [9.17, 15) is 9.59 Å². The van der Waals surface area contributed by atoms with Crippen molar-refractivity contribution in [1.29, 1.82) is 0 Å². The first-order valence-electron chi connectivity index (χ1n) is 9.05. The van der Waals surface area contributed by atoms with E-state index in [1.165, 1.54) is 11.8 Å². The van der Waals surface area contributed by atoms with Gasteiger partial charge in [0.25, 0.3) is 0 Å². The van der Waals surface area contributed by atoms with Crippen LogP contribution >= 0.6 is 0 Å². The fourth-order valence-corrected chi connectivity index (χ4v) is 2.84. The van der Waals surface area contributed by atoms with E-state index in [1.54, 1.807) is 31.4 Å².